The number of nitrogens with one attached hydrogen (secondary N) is 2. The van der Waals surface area contributed by atoms with Gasteiger partial charge in [-0.3, -0.25) is 4.79 Å². The van der Waals surface area contributed by atoms with Crippen molar-refractivity contribution in [3.8, 4) is 0 Å². The fourth-order valence-electron chi connectivity index (χ4n) is 2.74. The summed E-state index contributed by atoms with van der Waals surface area (Å²) in [4.78, 5) is 26.1. The van der Waals surface area contributed by atoms with E-state index in [1.165, 1.54) is 0 Å². The highest BCUT2D eigenvalue weighted by molar-refractivity contribution is 6.31. The predicted octanol–water partition coefficient (Wildman–Crippen LogP) is 3.36. The number of anilines is 2. The lowest BCUT2D eigenvalue weighted by Crippen LogP contribution is -2.41. The van der Waals surface area contributed by atoms with Gasteiger partial charge in [-0.25, -0.2) is 4.79 Å². The van der Waals surface area contributed by atoms with Crippen molar-refractivity contribution in [1.82, 2.24) is 5.32 Å². The van der Waals surface area contributed by atoms with Gasteiger partial charge in [0.25, 0.3) is 0 Å². The minimum atomic E-state index is -0.429. The summed E-state index contributed by atoms with van der Waals surface area (Å²) < 4.78 is 0. The quantitative estimate of drug-likeness (QED) is 0.897. The van der Waals surface area contributed by atoms with Crippen LogP contribution in [0.25, 0.3) is 0 Å². The highest BCUT2D eigenvalue weighted by Gasteiger charge is 2.24. The Hall–Kier alpha value is -2.53. The molecule has 0 aromatic heterocycles. The van der Waals surface area contributed by atoms with E-state index in [0.717, 1.165) is 23.2 Å². The minimum Gasteiger partial charge on any atom is -0.329 e. The average Bonchev–Trinajstić information content (AvgIpc) is 3.00. The first-order valence-corrected chi connectivity index (χ1v) is 8.11. The Morgan fingerprint density at radius 1 is 1.21 bits per heavy atom. The first-order chi connectivity index (χ1) is 11.5. The van der Waals surface area contributed by atoms with E-state index in [4.69, 9.17) is 11.6 Å². The molecule has 0 bridgehead atoms. The van der Waals surface area contributed by atoms with Crippen LogP contribution in [0.3, 0.4) is 0 Å². The van der Waals surface area contributed by atoms with E-state index in [0.29, 0.717) is 17.3 Å². The van der Waals surface area contributed by atoms with Crippen LogP contribution in [0.4, 0.5) is 16.2 Å². The van der Waals surface area contributed by atoms with Gasteiger partial charge >= 0.3 is 6.03 Å². The van der Waals surface area contributed by atoms with E-state index in [1.54, 1.807) is 17.0 Å². The maximum Gasteiger partial charge on any atom is 0.319 e. The number of nitrogens with zero attached hydrogens (tertiary/aromatic N) is 1. The van der Waals surface area contributed by atoms with Crippen LogP contribution >= 0.6 is 11.6 Å². The van der Waals surface area contributed by atoms with E-state index in [1.807, 2.05) is 37.3 Å². The van der Waals surface area contributed by atoms with Crippen molar-refractivity contribution in [1.29, 1.82) is 0 Å². The monoisotopic (exact) mass is 343 g/mol. The smallest absolute Gasteiger partial charge is 0.319 e. The molecule has 0 radical (unpaired) electrons. The molecule has 0 spiro atoms. The minimum absolute atomic E-state index is 0.0558. The number of benzene rings is 2. The molecule has 2 aromatic carbocycles. The Morgan fingerprint density at radius 2 is 2.00 bits per heavy atom. The van der Waals surface area contributed by atoms with Crippen LogP contribution in [0.2, 0.25) is 5.02 Å². The molecule has 0 atom stereocenters. The number of rotatable bonds is 3. The molecule has 0 aliphatic carbocycles. The largest absolute Gasteiger partial charge is 0.329 e. The molecule has 1 heterocycles. The summed E-state index contributed by atoms with van der Waals surface area (Å²) in [5.74, 6) is -0.127. The number of fused-ring (bicyclic) bond motifs is 1. The van der Waals surface area contributed by atoms with Crippen LogP contribution in [0.5, 0.6) is 0 Å². The molecular formula is C18H18ClN3O2. The molecule has 0 saturated heterocycles. The third-order valence-electron chi connectivity index (χ3n) is 4.04. The van der Waals surface area contributed by atoms with E-state index >= 15 is 0 Å². The number of carbonyl (C=O) groups excluding carboxylic acids is 2. The van der Waals surface area contributed by atoms with Crippen molar-refractivity contribution in [2.24, 2.45) is 0 Å². The lowest BCUT2D eigenvalue weighted by molar-refractivity contribution is -0.117. The second kappa shape index (κ2) is 6.93. The zero-order valence-electron chi connectivity index (χ0n) is 13.3. The van der Waals surface area contributed by atoms with Crippen LogP contribution in [-0.2, 0) is 11.2 Å². The lowest BCUT2D eigenvalue weighted by atomic mass is 10.2. The van der Waals surface area contributed by atoms with E-state index in [2.05, 4.69) is 10.6 Å². The van der Waals surface area contributed by atoms with Gasteiger partial charge < -0.3 is 15.5 Å². The first kappa shape index (κ1) is 16.3. The Bertz CT molecular complexity index is 792. The van der Waals surface area contributed by atoms with Crippen molar-refractivity contribution in [2.45, 2.75) is 13.3 Å². The Labute approximate surface area is 145 Å². The second-order valence-electron chi connectivity index (χ2n) is 5.69. The van der Waals surface area contributed by atoms with Crippen molar-refractivity contribution in [3.63, 3.8) is 0 Å². The van der Waals surface area contributed by atoms with Gasteiger partial charge in [-0.05, 0) is 42.7 Å². The second-order valence-corrected chi connectivity index (χ2v) is 6.13. The third-order valence-corrected chi connectivity index (χ3v) is 4.27. The summed E-state index contributed by atoms with van der Waals surface area (Å²) in [5, 5.41) is 5.85. The summed E-state index contributed by atoms with van der Waals surface area (Å²) in [5.41, 5.74) is 3.61. The number of amides is 3. The summed E-state index contributed by atoms with van der Waals surface area (Å²) in [6.07, 6.45) is 0.843. The number of hydrogen-bond donors (Lipinski definition) is 2. The Morgan fingerprint density at radius 3 is 2.83 bits per heavy atom. The Balaban J connectivity index is 1.57. The normalized spacial score (nSPS) is 12.7. The van der Waals surface area contributed by atoms with E-state index in [9.17, 15) is 9.59 Å². The molecule has 0 unspecified atom stereocenters. The Kier molecular flexibility index (Phi) is 4.71. The highest BCUT2D eigenvalue weighted by Crippen LogP contribution is 2.27. The molecule has 1 aliphatic rings. The number of para-hydroxylation sites is 1. The zero-order valence-corrected chi connectivity index (χ0v) is 14.1. The molecule has 3 rings (SSSR count). The molecule has 24 heavy (non-hydrogen) atoms. The van der Waals surface area contributed by atoms with Gasteiger partial charge in [0, 0.05) is 22.9 Å². The van der Waals surface area contributed by atoms with Gasteiger partial charge in [-0.15, -0.1) is 0 Å². The van der Waals surface area contributed by atoms with Crippen molar-refractivity contribution < 1.29 is 9.59 Å². The van der Waals surface area contributed by atoms with Gasteiger partial charge in [0.15, 0.2) is 0 Å². The lowest BCUT2D eigenvalue weighted by Gasteiger charge is -2.18. The summed E-state index contributed by atoms with van der Waals surface area (Å²) in [6.45, 7) is 2.47. The number of aryl methyl sites for hydroxylation is 1. The van der Waals surface area contributed by atoms with E-state index < -0.39 is 6.03 Å². The molecule has 1 aliphatic heterocycles. The summed E-state index contributed by atoms with van der Waals surface area (Å²) in [6, 6.07) is 12.6. The van der Waals surface area contributed by atoms with Gasteiger partial charge in [0.05, 0.1) is 6.54 Å². The van der Waals surface area contributed by atoms with Crippen LogP contribution in [-0.4, -0.2) is 25.0 Å². The maximum absolute atomic E-state index is 12.3. The van der Waals surface area contributed by atoms with Gasteiger partial charge in [0.1, 0.15) is 0 Å². The number of halogens is 1. The summed E-state index contributed by atoms with van der Waals surface area (Å²) in [7, 11) is 0. The molecule has 6 heteroatoms. The van der Waals surface area contributed by atoms with E-state index in [-0.39, 0.29) is 12.5 Å². The molecule has 124 valence electrons. The predicted molar refractivity (Wildman–Crippen MR) is 95.7 cm³/mol. The van der Waals surface area contributed by atoms with Crippen LogP contribution in [0, 0.1) is 6.92 Å². The standard InChI is InChI=1S/C18H18ClN3O2/c1-12-6-7-14(19)10-15(12)21-18(24)20-11-17(23)22-9-8-13-4-2-3-5-16(13)22/h2-7,10H,8-9,11H2,1H3,(H2,20,21,24). The third kappa shape index (κ3) is 3.51. The molecule has 0 fully saturated rings. The summed E-state index contributed by atoms with van der Waals surface area (Å²) >= 11 is 5.93. The number of carbonyl (C=O) groups is 2. The van der Waals surface area contributed by atoms with Crippen LogP contribution in [0.1, 0.15) is 11.1 Å². The molecule has 2 N–H and O–H groups in total. The van der Waals surface area contributed by atoms with Crippen LogP contribution < -0.4 is 15.5 Å². The highest BCUT2D eigenvalue weighted by atomic mass is 35.5. The maximum atomic E-state index is 12.3. The zero-order chi connectivity index (χ0) is 17.1. The van der Waals surface area contributed by atoms with Gasteiger partial charge in [-0.1, -0.05) is 35.9 Å². The SMILES string of the molecule is Cc1ccc(Cl)cc1NC(=O)NCC(=O)N1CCc2ccccc21. The van der Waals surface area contributed by atoms with Crippen molar-refractivity contribution >= 4 is 34.9 Å². The molecule has 5 nitrogen and oxygen atoms in total. The van der Waals surface area contributed by atoms with Crippen molar-refractivity contribution in [3.05, 3.63) is 58.6 Å². The number of hydrogen-bond acceptors (Lipinski definition) is 2. The molecule has 2 aromatic rings. The van der Waals surface area contributed by atoms with Gasteiger partial charge in [-0.2, -0.15) is 0 Å². The van der Waals surface area contributed by atoms with Crippen molar-refractivity contribution in [2.75, 3.05) is 23.3 Å². The number of urea groups is 1. The molecule has 3 amide bonds. The molecule has 0 saturated carbocycles. The average molecular weight is 344 g/mol. The topological polar surface area (TPSA) is 61.4 Å². The molecular weight excluding hydrogens is 326 g/mol. The fraction of sp³-hybridized carbons (Fsp3) is 0.222. The first-order valence-electron chi connectivity index (χ1n) is 7.74. The fourth-order valence-corrected chi connectivity index (χ4v) is 2.92. The van der Waals surface area contributed by atoms with Gasteiger partial charge in [0.2, 0.25) is 5.91 Å². The van der Waals surface area contributed by atoms with Crippen LogP contribution in [0.15, 0.2) is 42.5 Å².